The van der Waals surface area contributed by atoms with Gasteiger partial charge in [-0.15, -0.1) is 0 Å². The minimum Gasteiger partial charge on any atom is -0.497 e. The minimum absolute atomic E-state index is 0.0887. The Balaban J connectivity index is 2.01. The SMILES string of the molecule is C=C(C)Oc1ccc(S(=O)(=O)N(Cc2ccc(OC)cc2)c2ccc(C(C)=O)cc2)cc1. The maximum absolute atomic E-state index is 13.6. The minimum atomic E-state index is -3.91. The topological polar surface area (TPSA) is 72.9 Å². The van der Waals surface area contributed by atoms with Gasteiger partial charge >= 0.3 is 0 Å². The lowest BCUT2D eigenvalue weighted by atomic mass is 10.1. The van der Waals surface area contributed by atoms with Crippen molar-refractivity contribution in [2.45, 2.75) is 25.3 Å². The lowest BCUT2D eigenvalue weighted by molar-refractivity contribution is 0.101. The largest absolute Gasteiger partial charge is 0.497 e. The summed E-state index contributed by atoms with van der Waals surface area (Å²) in [6.07, 6.45) is 0. The summed E-state index contributed by atoms with van der Waals surface area (Å²) in [5, 5.41) is 0. The number of benzene rings is 3. The molecule has 0 atom stereocenters. The van der Waals surface area contributed by atoms with Gasteiger partial charge in [0.1, 0.15) is 11.5 Å². The zero-order valence-corrected chi connectivity index (χ0v) is 19.1. The predicted molar refractivity (Wildman–Crippen MR) is 125 cm³/mol. The third kappa shape index (κ3) is 5.36. The van der Waals surface area contributed by atoms with Crippen molar-refractivity contribution in [1.29, 1.82) is 0 Å². The van der Waals surface area contributed by atoms with Crippen LogP contribution in [0, 0.1) is 0 Å². The third-order valence-corrected chi connectivity index (χ3v) is 6.54. The van der Waals surface area contributed by atoms with Crippen LogP contribution in [-0.4, -0.2) is 21.3 Å². The lowest BCUT2D eigenvalue weighted by Gasteiger charge is -2.25. The average molecular weight is 452 g/mol. The summed E-state index contributed by atoms with van der Waals surface area (Å²) in [6, 6.07) is 19.9. The first kappa shape index (κ1) is 23.1. The molecule has 0 bridgehead atoms. The lowest BCUT2D eigenvalue weighted by Crippen LogP contribution is -2.30. The fourth-order valence-corrected chi connectivity index (χ4v) is 4.54. The van der Waals surface area contributed by atoms with Gasteiger partial charge in [-0.05, 0) is 80.1 Å². The van der Waals surface area contributed by atoms with Gasteiger partial charge < -0.3 is 9.47 Å². The van der Waals surface area contributed by atoms with Crippen LogP contribution in [0.1, 0.15) is 29.8 Å². The van der Waals surface area contributed by atoms with E-state index in [1.165, 1.54) is 23.4 Å². The number of ether oxygens (including phenoxy) is 2. The summed E-state index contributed by atoms with van der Waals surface area (Å²) < 4.78 is 39.1. The molecule has 0 aliphatic rings. The molecule has 0 spiro atoms. The van der Waals surface area contributed by atoms with Gasteiger partial charge in [0, 0.05) is 5.56 Å². The molecule has 0 unspecified atom stereocenters. The van der Waals surface area contributed by atoms with Crippen LogP contribution in [0.15, 0.2) is 90.0 Å². The van der Waals surface area contributed by atoms with Crippen molar-refractivity contribution in [3.63, 3.8) is 0 Å². The van der Waals surface area contributed by atoms with Crippen LogP contribution in [0.3, 0.4) is 0 Å². The Kier molecular flexibility index (Phi) is 7.00. The van der Waals surface area contributed by atoms with Gasteiger partial charge in [-0.2, -0.15) is 0 Å². The first-order valence-corrected chi connectivity index (χ1v) is 11.3. The first-order valence-electron chi connectivity index (χ1n) is 9.91. The summed E-state index contributed by atoms with van der Waals surface area (Å²) in [5.41, 5.74) is 1.75. The quantitative estimate of drug-likeness (QED) is 0.330. The van der Waals surface area contributed by atoms with Gasteiger partial charge in [0.05, 0.1) is 30.0 Å². The van der Waals surface area contributed by atoms with Crippen molar-refractivity contribution in [3.05, 3.63) is 96.3 Å². The Bertz CT molecular complexity index is 1200. The number of hydrogen-bond acceptors (Lipinski definition) is 5. The number of sulfonamides is 1. The number of carbonyl (C=O) groups is 1. The number of ketones is 1. The van der Waals surface area contributed by atoms with E-state index >= 15 is 0 Å². The van der Waals surface area contributed by atoms with E-state index in [1.807, 2.05) is 12.1 Å². The van der Waals surface area contributed by atoms with Gasteiger partial charge in [0.2, 0.25) is 0 Å². The van der Waals surface area contributed by atoms with Gasteiger partial charge in [-0.3, -0.25) is 9.10 Å². The second-order valence-electron chi connectivity index (χ2n) is 7.24. The Hall–Kier alpha value is -3.58. The van der Waals surface area contributed by atoms with E-state index in [-0.39, 0.29) is 17.2 Å². The van der Waals surface area contributed by atoms with E-state index in [9.17, 15) is 13.2 Å². The molecule has 0 aliphatic carbocycles. The molecule has 3 rings (SSSR count). The molecule has 0 amide bonds. The highest BCUT2D eigenvalue weighted by atomic mass is 32.2. The summed E-state index contributed by atoms with van der Waals surface area (Å²) in [7, 11) is -2.33. The van der Waals surface area contributed by atoms with Crippen molar-refractivity contribution >= 4 is 21.5 Å². The number of methoxy groups -OCH3 is 1. The number of hydrogen-bond donors (Lipinski definition) is 0. The van der Waals surface area contributed by atoms with Crippen LogP contribution in [-0.2, 0) is 16.6 Å². The summed E-state index contributed by atoms with van der Waals surface area (Å²) in [5.74, 6) is 1.60. The summed E-state index contributed by atoms with van der Waals surface area (Å²) >= 11 is 0. The molecule has 0 N–H and O–H groups in total. The Labute approximate surface area is 188 Å². The monoisotopic (exact) mass is 451 g/mol. The highest BCUT2D eigenvalue weighted by molar-refractivity contribution is 7.92. The van der Waals surface area contributed by atoms with Crippen LogP contribution < -0.4 is 13.8 Å². The van der Waals surface area contributed by atoms with Crippen LogP contribution >= 0.6 is 0 Å². The molecule has 0 heterocycles. The third-order valence-electron chi connectivity index (χ3n) is 4.75. The van der Waals surface area contributed by atoms with Crippen LogP contribution in [0.5, 0.6) is 11.5 Å². The van der Waals surface area contributed by atoms with E-state index in [4.69, 9.17) is 9.47 Å². The Morgan fingerprint density at radius 1 is 0.875 bits per heavy atom. The number of Topliss-reactive ketones (excluding diaryl/α,β-unsaturated/α-hetero) is 1. The summed E-state index contributed by atoms with van der Waals surface area (Å²) in [4.78, 5) is 11.8. The molecule has 0 aliphatic heterocycles. The number of nitrogens with zero attached hydrogens (tertiary/aromatic N) is 1. The normalized spacial score (nSPS) is 11.0. The van der Waals surface area contributed by atoms with Crippen molar-refractivity contribution < 1.29 is 22.7 Å². The van der Waals surface area contributed by atoms with E-state index in [0.717, 1.165) is 5.56 Å². The second kappa shape index (κ2) is 9.70. The molecule has 7 heteroatoms. The number of carbonyl (C=O) groups excluding carboxylic acids is 1. The van der Waals surface area contributed by atoms with Crippen molar-refractivity contribution in [2.75, 3.05) is 11.4 Å². The standard InChI is InChI=1S/C25H25NO5S/c1-18(2)31-24-13-15-25(16-14-24)32(28,29)26(17-20-5-11-23(30-4)12-6-20)22-9-7-21(8-10-22)19(3)27/h5-16H,1,17H2,2-4H3. The zero-order valence-electron chi connectivity index (χ0n) is 18.2. The molecule has 166 valence electrons. The molecule has 32 heavy (non-hydrogen) atoms. The molecule has 0 aromatic heterocycles. The number of anilines is 1. The molecule has 0 radical (unpaired) electrons. The van der Waals surface area contributed by atoms with E-state index in [2.05, 4.69) is 6.58 Å². The molecule has 3 aromatic rings. The van der Waals surface area contributed by atoms with Gasteiger partial charge in [0.25, 0.3) is 10.0 Å². The van der Waals surface area contributed by atoms with Crippen LogP contribution in [0.4, 0.5) is 5.69 Å². The van der Waals surface area contributed by atoms with E-state index in [0.29, 0.717) is 28.5 Å². The maximum Gasteiger partial charge on any atom is 0.264 e. The predicted octanol–water partition coefficient (Wildman–Crippen LogP) is 5.21. The van der Waals surface area contributed by atoms with E-state index in [1.54, 1.807) is 62.6 Å². The highest BCUT2D eigenvalue weighted by Gasteiger charge is 2.25. The molecule has 6 nitrogen and oxygen atoms in total. The van der Waals surface area contributed by atoms with Gasteiger partial charge in [-0.25, -0.2) is 8.42 Å². The van der Waals surface area contributed by atoms with Gasteiger partial charge in [0.15, 0.2) is 5.78 Å². The van der Waals surface area contributed by atoms with Crippen molar-refractivity contribution in [2.24, 2.45) is 0 Å². The van der Waals surface area contributed by atoms with E-state index < -0.39 is 10.0 Å². The molecule has 0 saturated heterocycles. The molecule has 3 aromatic carbocycles. The fourth-order valence-electron chi connectivity index (χ4n) is 3.08. The number of allylic oxidation sites excluding steroid dienone is 1. The molecular formula is C25H25NO5S. The molecule has 0 fully saturated rings. The van der Waals surface area contributed by atoms with Crippen molar-refractivity contribution in [1.82, 2.24) is 0 Å². The average Bonchev–Trinajstić information content (AvgIpc) is 2.78. The summed E-state index contributed by atoms with van der Waals surface area (Å²) in [6.45, 7) is 6.98. The molecule has 0 saturated carbocycles. The number of rotatable bonds is 9. The van der Waals surface area contributed by atoms with Crippen LogP contribution in [0.25, 0.3) is 0 Å². The first-order chi connectivity index (χ1) is 15.2. The Morgan fingerprint density at radius 3 is 1.94 bits per heavy atom. The zero-order chi connectivity index (χ0) is 23.3. The Morgan fingerprint density at radius 2 is 1.44 bits per heavy atom. The second-order valence-corrected chi connectivity index (χ2v) is 9.10. The fraction of sp³-hybridized carbons (Fsp3) is 0.160. The molecular weight excluding hydrogens is 426 g/mol. The van der Waals surface area contributed by atoms with Gasteiger partial charge in [-0.1, -0.05) is 18.7 Å². The van der Waals surface area contributed by atoms with Crippen molar-refractivity contribution in [3.8, 4) is 11.5 Å². The highest BCUT2D eigenvalue weighted by Crippen LogP contribution is 2.28. The van der Waals surface area contributed by atoms with Crippen LogP contribution in [0.2, 0.25) is 0 Å². The smallest absolute Gasteiger partial charge is 0.264 e. The maximum atomic E-state index is 13.6.